The minimum Gasteiger partial charge on any atom is -0.378 e. The summed E-state index contributed by atoms with van der Waals surface area (Å²) in [5, 5.41) is 12.4. The molecule has 0 aliphatic heterocycles. The first-order chi connectivity index (χ1) is 9.10. The van der Waals surface area contributed by atoms with Gasteiger partial charge in [0.2, 0.25) is 0 Å². The molecule has 0 saturated carbocycles. The zero-order valence-corrected chi connectivity index (χ0v) is 12.5. The van der Waals surface area contributed by atoms with Crippen molar-refractivity contribution < 1.29 is 0 Å². The molecule has 19 heavy (non-hydrogen) atoms. The number of hydrogen-bond donors (Lipinski definition) is 1. The highest BCUT2D eigenvalue weighted by molar-refractivity contribution is 9.10. The summed E-state index contributed by atoms with van der Waals surface area (Å²) in [5.41, 5.74) is 4.12. The summed E-state index contributed by atoms with van der Waals surface area (Å²) in [4.78, 5) is 0. The summed E-state index contributed by atoms with van der Waals surface area (Å²) in [6.07, 6.45) is 0. The molecule has 2 rings (SSSR count). The molecular weight excluding hydrogens is 300 g/mol. The molecule has 0 fully saturated rings. The van der Waals surface area contributed by atoms with Gasteiger partial charge in [-0.15, -0.1) is 0 Å². The Bertz CT molecular complexity index is 629. The molecule has 96 valence electrons. The predicted octanol–water partition coefficient (Wildman–Crippen LogP) is 4.80. The lowest BCUT2D eigenvalue weighted by Crippen LogP contribution is -2.08. The average molecular weight is 315 g/mol. The highest BCUT2D eigenvalue weighted by Gasteiger charge is 2.08. The Hall–Kier alpha value is -1.79. The Morgan fingerprint density at radius 2 is 1.95 bits per heavy atom. The second-order valence-electron chi connectivity index (χ2n) is 4.56. The van der Waals surface area contributed by atoms with E-state index in [1.165, 1.54) is 11.1 Å². The molecule has 0 saturated heterocycles. The van der Waals surface area contributed by atoms with Gasteiger partial charge in [0.25, 0.3) is 0 Å². The molecule has 1 unspecified atom stereocenters. The molecule has 0 radical (unpaired) electrons. The minimum absolute atomic E-state index is 0.196. The molecule has 2 aromatic carbocycles. The van der Waals surface area contributed by atoms with Crippen molar-refractivity contribution in [2.45, 2.75) is 19.9 Å². The number of halogens is 1. The first kappa shape index (κ1) is 13.6. The molecule has 0 spiro atoms. The third-order valence-corrected chi connectivity index (χ3v) is 3.52. The van der Waals surface area contributed by atoms with Gasteiger partial charge in [-0.1, -0.05) is 40.2 Å². The van der Waals surface area contributed by atoms with E-state index < -0.39 is 0 Å². The lowest BCUT2D eigenvalue weighted by atomic mass is 10.0. The van der Waals surface area contributed by atoms with Gasteiger partial charge in [0, 0.05) is 16.2 Å². The van der Waals surface area contributed by atoms with E-state index in [2.05, 4.69) is 53.3 Å². The molecule has 2 aromatic rings. The summed E-state index contributed by atoms with van der Waals surface area (Å²) in [5.74, 6) is 0. The highest BCUT2D eigenvalue weighted by Crippen LogP contribution is 2.25. The van der Waals surface area contributed by atoms with Crippen LogP contribution in [0.25, 0.3) is 0 Å². The zero-order chi connectivity index (χ0) is 13.8. The number of rotatable bonds is 3. The van der Waals surface area contributed by atoms with E-state index in [0.717, 1.165) is 10.2 Å². The van der Waals surface area contributed by atoms with Gasteiger partial charge in [0.15, 0.2) is 0 Å². The van der Waals surface area contributed by atoms with E-state index in [0.29, 0.717) is 5.56 Å². The summed E-state index contributed by atoms with van der Waals surface area (Å²) in [7, 11) is 0. The van der Waals surface area contributed by atoms with Gasteiger partial charge < -0.3 is 5.32 Å². The Morgan fingerprint density at radius 1 is 1.21 bits per heavy atom. The fraction of sp³-hybridized carbons (Fsp3) is 0.188. The standard InChI is InChI=1S/C16H15BrN2/c1-11-5-3-4-6-16(11)12(2)19-15-8-13(10-18)7-14(17)9-15/h3-9,12,19H,1-2H3. The maximum atomic E-state index is 8.98. The molecule has 0 amide bonds. The van der Waals surface area contributed by atoms with Crippen LogP contribution >= 0.6 is 15.9 Å². The number of nitrogens with one attached hydrogen (secondary N) is 1. The largest absolute Gasteiger partial charge is 0.378 e. The van der Waals surface area contributed by atoms with Crippen LogP contribution in [0, 0.1) is 18.3 Å². The van der Waals surface area contributed by atoms with E-state index in [4.69, 9.17) is 5.26 Å². The Balaban J connectivity index is 2.24. The van der Waals surface area contributed by atoms with Crippen molar-refractivity contribution in [1.29, 1.82) is 5.26 Å². The maximum absolute atomic E-state index is 8.98. The number of benzene rings is 2. The molecule has 0 bridgehead atoms. The van der Waals surface area contributed by atoms with Gasteiger partial charge in [0.1, 0.15) is 0 Å². The Labute approximate surface area is 122 Å². The molecular formula is C16H15BrN2. The van der Waals surface area contributed by atoms with Gasteiger partial charge in [-0.2, -0.15) is 5.26 Å². The highest BCUT2D eigenvalue weighted by atomic mass is 79.9. The van der Waals surface area contributed by atoms with E-state index in [1.807, 2.05) is 30.3 Å². The monoisotopic (exact) mass is 314 g/mol. The molecule has 0 aromatic heterocycles. The molecule has 0 aliphatic carbocycles. The van der Waals surface area contributed by atoms with Crippen LogP contribution in [0.5, 0.6) is 0 Å². The normalized spacial score (nSPS) is 11.7. The van der Waals surface area contributed by atoms with E-state index in [1.54, 1.807) is 0 Å². The summed E-state index contributed by atoms with van der Waals surface area (Å²) in [6, 6.07) is 16.3. The second-order valence-corrected chi connectivity index (χ2v) is 5.48. The lowest BCUT2D eigenvalue weighted by Gasteiger charge is -2.18. The number of nitriles is 1. The third kappa shape index (κ3) is 3.36. The van der Waals surface area contributed by atoms with Crippen LogP contribution in [-0.2, 0) is 0 Å². The molecule has 1 N–H and O–H groups in total. The fourth-order valence-electron chi connectivity index (χ4n) is 2.14. The maximum Gasteiger partial charge on any atom is 0.0992 e. The second kappa shape index (κ2) is 5.90. The molecule has 2 nitrogen and oxygen atoms in total. The summed E-state index contributed by atoms with van der Waals surface area (Å²) < 4.78 is 0.908. The average Bonchev–Trinajstić information content (AvgIpc) is 2.38. The molecule has 3 heteroatoms. The van der Waals surface area contributed by atoms with Crippen molar-refractivity contribution in [2.24, 2.45) is 0 Å². The summed E-state index contributed by atoms with van der Waals surface area (Å²) in [6.45, 7) is 4.23. The molecule has 0 aliphatic rings. The van der Waals surface area contributed by atoms with Gasteiger partial charge in [-0.05, 0) is 43.2 Å². The predicted molar refractivity (Wildman–Crippen MR) is 82.1 cm³/mol. The minimum atomic E-state index is 0.196. The smallest absolute Gasteiger partial charge is 0.0992 e. The Kier molecular flexibility index (Phi) is 4.24. The van der Waals surface area contributed by atoms with Crippen LogP contribution in [0.4, 0.5) is 5.69 Å². The van der Waals surface area contributed by atoms with Crippen molar-refractivity contribution in [2.75, 3.05) is 5.32 Å². The molecule has 0 heterocycles. The van der Waals surface area contributed by atoms with Gasteiger partial charge in [0.05, 0.1) is 11.6 Å². The SMILES string of the molecule is Cc1ccccc1C(C)Nc1cc(Br)cc(C#N)c1. The summed E-state index contributed by atoms with van der Waals surface area (Å²) >= 11 is 3.42. The zero-order valence-electron chi connectivity index (χ0n) is 10.9. The Morgan fingerprint density at radius 3 is 2.63 bits per heavy atom. The van der Waals surface area contributed by atoms with Crippen molar-refractivity contribution in [3.8, 4) is 6.07 Å². The van der Waals surface area contributed by atoms with Crippen LogP contribution in [-0.4, -0.2) is 0 Å². The van der Waals surface area contributed by atoms with Crippen LogP contribution in [0.15, 0.2) is 46.9 Å². The lowest BCUT2D eigenvalue weighted by molar-refractivity contribution is 0.874. The van der Waals surface area contributed by atoms with Gasteiger partial charge >= 0.3 is 0 Å². The van der Waals surface area contributed by atoms with Crippen molar-refractivity contribution in [3.05, 3.63) is 63.6 Å². The van der Waals surface area contributed by atoms with Gasteiger partial charge in [-0.25, -0.2) is 0 Å². The quantitative estimate of drug-likeness (QED) is 0.883. The first-order valence-electron chi connectivity index (χ1n) is 6.13. The van der Waals surface area contributed by atoms with Gasteiger partial charge in [-0.3, -0.25) is 0 Å². The van der Waals surface area contributed by atoms with Crippen LogP contribution in [0.2, 0.25) is 0 Å². The van der Waals surface area contributed by atoms with E-state index in [9.17, 15) is 0 Å². The van der Waals surface area contributed by atoms with Crippen LogP contribution < -0.4 is 5.32 Å². The number of anilines is 1. The van der Waals surface area contributed by atoms with E-state index >= 15 is 0 Å². The number of nitrogens with zero attached hydrogens (tertiary/aromatic N) is 1. The van der Waals surface area contributed by atoms with Crippen LogP contribution in [0.3, 0.4) is 0 Å². The first-order valence-corrected chi connectivity index (χ1v) is 6.92. The third-order valence-electron chi connectivity index (χ3n) is 3.07. The number of hydrogen-bond acceptors (Lipinski definition) is 2. The van der Waals surface area contributed by atoms with Crippen molar-refractivity contribution >= 4 is 21.6 Å². The van der Waals surface area contributed by atoms with Crippen molar-refractivity contribution in [1.82, 2.24) is 0 Å². The van der Waals surface area contributed by atoms with Crippen molar-refractivity contribution in [3.63, 3.8) is 0 Å². The topological polar surface area (TPSA) is 35.8 Å². The molecule has 1 atom stereocenters. The van der Waals surface area contributed by atoms with E-state index in [-0.39, 0.29) is 6.04 Å². The number of aryl methyl sites for hydroxylation is 1. The van der Waals surface area contributed by atoms with Crippen LogP contribution in [0.1, 0.15) is 29.7 Å². The fourth-order valence-corrected chi connectivity index (χ4v) is 2.63.